The van der Waals surface area contributed by atoms with Crippen LogP contribution in [0.1, 0.15) is 25.5 Å². The van der Waals surface area contributed by atoms with Gasteiger partial charge in [-0.3, -0.25) is 10.1 Å². The van der Waals surface area contributed by atoms with Crippen LogP contribution in [0.4, 0.5) is 5.88 Å². The molecule has 20 heavy (non-hydrogen) atoms. The second kappa shape index (κ2) is 6.47. The topological polar surface area (TPSA) is 75.4 Å². The fourth-order valence-electron chi connectivity index (χ4n) is 1.52. The molecule has 2 aromatic rings. The molecule has 0 saturated carbocycles. The first-order valence-electron chi connectivity index (χ1n) is 6.23. The molecular weight excluding hydrogens is 276 g/mol. The molecule has 0 saturated heterocycles. The van der Waals surface area contributed by atoms with Crippen molar-refractivity contribution in [2.45, 2.75) is 24.7 Å². The number of hydrogen-bond donors (Lipinski definition) is 2. The zero-order valence-corrected chi connectivity index (χ0v) is 12.1. The van der Waals surface area contributed by atoms with Crippen molar-refractivity contribution in [1.82, 2.24) is 5.16 Å². The molecular formula is C14H16N2O3S. The molecule has 0 bridgehead atoms. The number of carbonyl (C=O) groups excluding carboxylic acids is 1. The van der Waals surface area contributed by atoms with E-state index in [0.29, 0.717) is 5.88 Å². The minimum atomic E-state index is -0.176. The van der Waals surface area contributed by atoms with Crippen molar-refractivity contribution in [1.29, 1.82) is 0 Å². The Morgan fingerprint density at radius 3 is 2.90 bits per heavy atom. The van der Waals surface area contributed by atoms with E-state index in [-0.39, 0.29) is 23.3 Å². The van der Waals surface area contributed by atoms with Gasteiger partial charge in [0.2, 0.25) is 11.8 Å². The van der Waals surface area contributed by atoms with Gasteiger partial charge < -0.3 is 9.63 Å². The van der Waals surface area contributed by atoms with Crippen molar-refractivity contribution < 1.29 is 14.4 Å². The minimum absolute atomic E-state index is 0.176. The van der Waals surface area contributed by atoms with Crippen molar-refractivity contribution in [3.05, 3.63) is 36.0 Å². The number of benzene rings is 1. The Hall–Kier alpha value is -1.95. The molecule has 1 aromatic carbocycles. The van der Waals surface area contributed by atoms with Crippen molar-refractivity contribution in [3.63, 3.8) is 0 Å². The van der Waals surface area contributed by atoms with Crippen molar-refractivity contribution >= 4 is 23.6 Å². The Morgan fingerprint density at radius 1 is 1.45 bits per heavy atom. The van der Waals surface area contributed by atoms with Crippen LogP contribution in [-0.2, 0) is 4.79 Å². The van der Waals surface area contributed by atoms with Crippen molar-refractivity contribution in [3.8, 4) is 5.75 Å². The summed E-state index contributed by atoms with van der Waals surface area (Å²) in [6.07, 6.45) is 0. The summed E-state index contributed by atoms with van der Waals surface area (Å²) in [6, 6.07) is 8.50. The quantitative estimate of drug-likeness (QED) is 0.827. The third-order valence-electron chi connectivity index (χ3n) is 2.57. The third kappa shape index (κ3) is 4.03. The maximum atomic E-state index is 11.8. The Kier molecular flexibility index (Phi) is 4.68. The SMILES string of the molecule is CC(C)c1cc(NC(=O)CSc2cccc(O)c2)on1. The fourth-order valence-corrected chi connectivity index (χ4v) is 2.26. The van der Waals surface area contributed by atoms with E-state index in [2.05, 4.69) is 10.5 Å². The van der Waals surface area contributed by atoms with E-state index in [1.165, 1.54) is 11.8 Å². The largest absolute Gasteiger partial charge is 0.508 e. The molecule has 106 valence electrons. The predicted octanol–water partition coefficient (Wildman–Crippen LogP) is 3.23. The van der Waals surface area contributed by atoms with Crippen LogP contribution in [0.25, 0.3) is 0 Å². The van der Waals surface area contributed by atoms with Gasteiger partial charge >= 0.3 is 0 Å². The second-order valence-electron chi connectivity index (χ2n) is 4.60. The van der Waals surface area contributed by atoms with E-state index < -0.39 is 0 Å². The fraction of sp³-hybridized carbons (Fsp3) is 0.286. The molecule has 1 aromatic heterocycles. The molecule has 0 unspecified atom stereocenters. The third-order valence-corrected chi connectivity index (χ3v) is 3.56. The molecule has 0 aliphatic rings. The maximum absolute atomic E-state index is 11.8. The lowest BCUT2D eigenvalue weighted by molar-refractivity contribution is -0.113. The highest BCUT2D eigenvalue weighted by Gasteiger charge is 2.10. The van der Waals surface area contributed by atoms with Crippen LogP contribution in [0, 0.1) is 0 Å². The van der Waals surface area contributed by atoms with Gasteiger partial charge in [0.05, 0.1) is 11.4 Å². The highest BCUT2D eigenvalue weighted by atomic mass is 32.2. The second-order valence-corrected chi connectivity index (χ2v) is 5.65. The highest BCUT2D eigenvalue weighted by Crippen LogP contribution is 2.22. The van der Waals surface area contributed by atoms with E-state index in [1.54, 1.807) is 24.3 Å². The van der Waals surface area contributed by atoms with Gasteiger partial charge in [-0.25, -0.2) is 0 Å². The molecule has 2 N–H and O–H groups in total. The van der Waals surface area contributed by atoms with Crippen molar-refractivity contribution in [2.75, 3.05) is 11.1 Å². The average Bonchev–Trinajstić information content (AvgIpc) is 2.85. The molecule has 0 spiro atoms. The lowest BCUT2D eigenvalue weighted by atomic mass is 10.1. The summed E-state index contributed by atoms with van der Waals surface area (Å²) >= 11 is 1.34. The van der Waals surface area contributed by atoms with Crippen LogP contribution in [0.15, 0.2) is 39.8 Å². The number of aromatic nitrogens is 1. The van der Waals surface area contributed by atoms with Crippen LogP contribution in [0.3, 0.4) is 0 Å². The Bertz CT molecular complexity index is 596. The van der Waals surface area contributed by atoms with Gasteiger partial charge in [-0.2, -0.15) is 0 Å². The summed E-state index contributed by atoms with van der Waals surface area (Å²) in [7, 11) is 0. The lowest BCUT2D eigenvalue weighted by Crippen LogP contribution is -2.13. The molecule has 1 amide bonds. The van der Waals surface area contributed by atoms with Crippen LogP contribution in [-0.4, -0.2) is 21.9 Å². The first-order chi connectivity index (χ1) is 9.54. The molecule has 0 atom stereocenters. The number of amides is 1. The number of anilines is 1. The maximum Gasteiger partial charge on any atom is 0.237 e. The van der Waals surface area contributed by atoms with E-state index in [4.69, 9.17) is 4.52 Å². The number of nitrogens with zero attached hydrogens (tertiary/aromatic N) is 1. The molecule has 0 aliphatic heterocycles. The summed E-state index contributed by atoms with van der Waals surface area (Å²) < 4.78 is 5.04. The Balaban J connectivity index is 1.86. The van der Waals surface area contributed by atoms with E-state index in [0.717, 1.165) is 10.6 Å². The molecule has 0 fully saturated rings. The summed E-state index contributed by atoms with van der Waals surface area (Å²) in [5.74, 6) is 0.861. The summed E-state index contributed by atoms with van der Waals surface area (Å²) in [6.45, 7) is 4.00. The van der Waals surface area contributed by atoms with Gasteiger partial charge in [0, 0.05) is 11.0 Å². The summed E-state index contributed by atoms with van der Waals surface area (Å²) in [5.41, 5.74) is 0.806. The number of aromatic hydroxyl groups is 1. The molecule has 2 rings (SSSR count). The number of thioether (sulfide) groups is 1. The molecule has 6 heteroatoms. The number of hydrogen-bond acceptors (Lipinski definition) is 5. The lowest BCUT2D eigenvalue weighted by Gasteiger charge is -2.02. The first-order valence-corrected chi connectivity index (χ1v) is 7.21. The van der Waals surface area contributed by atoms with Gasteiger partial charge in [-0.1, -0.05) is 25.1 Å². The standard InChI is InChI=1S/C14H16N2O3S/c1-9(2)12-7-14(19-16-12)15-13(18)8-20-11-5-3-4-10(17)6-11/h3-7,9,17H,8H2,1-2H3,(H,15,18). The van der Waals surface area contributed by atoms with Crippen LogP contribution < -0.4 is 5.32 Å². The summed E-state index contributed by atoms with van der Waals surface area (Å²) in [5, 5.41) is 15.9. The minimum Gasteiger partial charge on any atom is -0.508 e. The average molecular weight is 292 g/mol. The first kappa shape index (κ1) is 14.5. The molecule has 0 aliphatic carbocycles. The number of carbonyl (C=O) groups is 1. The number of nitrogens with one attached hydrogen (secondary N) is 1. The predicted molar refractivity (Wildman–Crippen MR) is 78.1 cm³/mol. The van der Waals surface area contributed by atoms with Gasteiger partial charge in [-0.05, 0) is 24.1 Å². The number of rotatable bonds is 5. The van der Waals surface area contributed by atoms with Crippen LogP contribution in [0.2, 0.25) is 0 Å². The zero-order chi connectivity index (χ0) is 14.5. The van der Waals surface area contributed by atoms with Gasteiger partial charge in [0.25, 0.3) is 0 Å². The van der Waals surface area contributed by atoms with Gasteiger partial charge in [0.15, 0.2) is 0 Å². The van der Waals surface area contributed by atoms with Crippen molar-refractivity contribution in [2.24, 2.45) is 0 Å². The van der Waals surface area contributed by atoms with E-state index in [1.807, 2.05) is 19.9 Å². The highest BCUT2D eigenvalue weighted by molar-refractivity contribution is 8.00. The van der Waals surface area contributed by atoms with E-state index >= 15 is 0 Å². The van der Waals surface area contributed by atoms with Gasteiger partial charge in [0.1, 0.15) is 5.75 Å². The molecule has 0 radical (unpaired) electrons. The van der Waals surface area contributed by atoms with Gasteiger partial charge in [-0.15, -0.1) is 11.8 Å². The normalized spacial score (nSPS) is 10.8. The Morgan fingerprint density at radius 2 is 2.25 bits per heavy atom. The Labute approximate surface area is 121 Å². The molecule has 5 nitrogen and oxygen atoms in total. The molecule has 1 heterocycles. The van der Waals surface area contributed by atoms with Crippen LogP contribution in [0.5, 0.6) is 5.75 Å². The smallest absolute Gasteiger partial charge is 0.237 e. The monoisotopic (exact) mass is 292 g/mol. The van der Waals surface area contributed by atoms with Crippen LogP contribution >= 0.6 is 11.8 Å². The summed E-state index contributed by atoms with van der Waals surface area (Å²) in [4.78, 5) is 12.6. The van der Waals surface area contributed by atoms with E-state index in [9.17, 15) is 9.90 Å². The number of phenolic OH excluding ortho intramolecular Hbond substituents is 1. The zero-order valence-electron chi connectivity index (χ0n) is 11.3. The number of phenols is 1.